The van der Waals surface area contributed by atoms with Crippen molar-refractivity contribution >= 4 is 27.5 Å². The molecule has 1 heterocycles. The second kappa shape index (κ2) is 10.1. The molecule has 7 heteroatoms. The first-order valence-corrected chi connectivity index (χ1v) is 9.37. The van der Waals surface area contributed by atoms with Gasteiger partial charge < -0.3 is 14.2 Å². The maximum atomic E-state index is 12.4. The molecule has 144 valence electrons. The minimum Gasteiger partial charge on any atom is -0.494 e. The van der Waals surface area contributed by atoms with Crippen LogP contribution in [0.5, 0.6) is 17.2 Å². The summed E-state index contributed by atoms with van der Waals surface area (Å²) in [6.45, 7) is 2.58. The molecule has 2 aromatic rings. The van der Waals surface area contributed by atoms with Crippen LogP contribution >= 0.6 is 15.9 Å². The maximum absolute atomic E-state index is 12.4. The Balaban J connectivity index is 2.02. The molecule has 0 bridgehead atoms. The number of carbonyl (C=O) groups excluding carboxylic acids is 2. The average molecular weight is 436 g/mol. The molecule has 0 aliphatic rings. The van der Waals surface area contributed by atoms with Crippen LogP contribution in [-0.4, -0.2) is 37.4 Å². The predicted molar refractivity (Wildman–Crippen MR) is 105 cm³/mol. The number of aromatic nitrogens is 1. The van der Waals surface area contributed by atoms with Crippen LogP contribution in [0, 0.1) is 0 Å². The molecule has 1 aromatic heterocycles. The number of ketones is 2. The Morgan fingerprint density at radius 1 is 0.963 bits per heavy atom. The highest BCUT2D eigenvalue weighted by Crippen LogP contribution is 2.29. The summed E-state index contributed by atoms with van der Waals surface area (Å²) in [5.74, 6) is 1.29. The highest BCUT2D eigenvalue weighted by Gasteiger charge is 2.15. The largest absolute Gasteiger partial charge is 0.494 e. The SMILES string of the molecule is CCCOc1ccc(C(=O)CCC(=O)c2ccc(OC)c(Br)n2)cc1OC. The van der Waals surface area contributed by atoms with Crippen molar-refractivity contribution < 1.29 is 23.8 Å². The lowest BCUT2D eigenvalue weighted by molar-refractivity contribution is 0.0914. The van der Waals surface area contributed by atoms with Crippen LogP contribution in [0.4, 0.5) is 0 Å². The molecule has 27 heavy (non-hydrogen) atoms. The van der Waals surface area contributed by atoms with Crippen molar-refractivity contribution in [1.82, 2.24) is 4.98 Å². The van der Waals surface area contributed by atoms with E-state index < -0.39 is 0 Å². The minimum absolute atomic E-state index is 0.0704. The summed E-state index contributed by atoms with van der Waals surface area (Å²) in [6.07, 6.45) is 1.03. The van der Waals surface area contributed by atoms with E-state index in [1.807, 2.05) is 6.92 Å². The lowest BCUT2D eigenvalue weighted by atomic mass is 10.0. The summed E-state index contributed by atoms with van der Waals surface area (Å²) in [6, 6.07) is 8.28. The Bertz CT molecular complexity index is 822. The Kier molecular flexibility index (Phi) is 7.79. The van der Waals surface area contributed by atoms with Crippen LogP contribution < -0.4 is 14.2 Å². The van der Waals surface area contributed by atoms with Gasteiger partial charge in [0, 0.05) is 18.4 Å². The number of rotatable bonds is 10. The molecule has 2 rings (SSSR count). The Hall–Kier alpha value is -2.41. The molecule has 0 saturated carbocycles. The van der Waals surface area contributed by atoms with Gasteiger partial charge in [0.15, 0.2) is 28.8 Å². The average Bonchev–Trinajstić information content (AvgIpc) is 2.69. The summed E-state index contributed by atoms with van der Waals surface area (Å²) in [5, 5.41) is 0. The van der Waals surface area contributed by atoms with Crippen LogP contribution in [0.2, 0.25) is 0 Å². The molecule has 0 fully saturated rings. The van der Waals surface area contributed by atoms with Gasteiger partial charge in [-0.15, -0.1) is 0 Å². The topological polar surface area (TPSA) is 74.7 Å². The molecule has 0 spiro atoms. The third-order valence-electron chi connectivity index (χ3n) is 3.85. The fourth-order valence-electron chi connectivity index (χ4n) is 2.40. The predicted octanol–water partition coefficient (Wildman–Crippen LogP) is 4.50. The number of benzene rings is 1. The zero-order valence-corrected chi connectivity index (χ0v) is 17.2. The fourth-order valence-corrected chi connectivity index (χ4v) is 2.89. The molecule has 1 aromatic carbocycles. The molecule has 0 aliphatic heterocycles. The maximum Gasteiger partial charge on any atom is 0.181 e. The number of carbonyl (C=O) groups is 2. The molecule has 0 saturated heterocycles. The molecule has 6 nitrogen and oxygen atoms in total. The van der Waals surface area contributed by atoms with E-state index in [9.17, 15) is 9.59 Å². The van der Waals surface area contributed by atoms with Crippen molar-refractivity contribution in [1.29, 1.82) is 0 Å². The lowest BCUT2D eigenvalue weighted by Gasteiger charge is -2.11. The lowest BCUT2D eigenvalue weighted by Crippen LogP contribution is -2.08. The van der Waals surface area contributed by atoms with Gasteiger partial charge >= 0.3 is 0 Å². The van der Waals surface area contributed by atoms with Gasteiger partial charge in [-0.25, -0.2) is 4.98 Å². The van der Waals surface area contributed by atoms with E-state index >= 15 is 0 Å². The van der Waals surface area contributed by atoms with Crippen LogP contribution in [-0.2, 0) is 0 Å². The summed E-state index contributed by atoms with van der Waals surface area (Å²) < 4.78 is 16.4. The van der Waals surface area contributed by atoms with Gasteiger partial charge in [0.25, 0.3) is 0 Å². The van der Waals surface area contributed by atoms with E-state index in [4.69, 9.17) is 14.2 Å². The first-order valence-electron chi connectivity index (χ1n) is 8.57. The molecular formula is C20H22BrNO5. The number of pyridine rings is 1. The van der Waals surface area contributed by atoms with Gasteiger partial charge in [-0.2, -0.15) is 0 Å². The van der Waals surface area contributed by atoms with E-state index in [2.05, 4.69) is 20.9 Å². The quantitative estimate of drug-likeness (QED) is 0.404. The van der Waals surface area contributed by atoms with Crippen molar-refractivity contribution in [2.24, 2.45) is 0 Å². The van der Waals surface area contributed by atoms with Crippen molar-refractivity contribution in [3.05, 3.63) is 46.2 Å². The number of hydrogen-bond donors (Lipinski definition) is 0. The number of Topliss-reactive ketones (excluding diaryl/α,β-unsaturated/α-hetero) is 2. The molecule has 0 atom stereocenters. The Morgan fingerprint density at radius 2 is 1.63 bits per heavy atom. The Morgan fingerprint density at radius 3 is 2.26 bits per heavy atom. The van der Waals surface area contributed by atoms with E-state index in [-0.39, 0.29) is 30.1 Å². The highest BCUT2D eigenvalue weighted by atomic mass is 79.9. The molecule has 0 unspecified atom stereocenters. The molecule has 0 radical (unpaired) electrons. The number of methoxy groups -OCH3 is 2. The molecular weight excluding hydrogens is 414 g/mol. The summed E-state index contributed by atoms with van der Waals surface area (Å²) in [7, 11) is 3.05. The van der Waals surface area contributed by atoms with E-state index in [1.165, 1.54) is 14.2 Å². The first kappa shape index (κ1) is 20.9. The van der Waals surface area contributed by atoms with Gasteiger partial charge in [0.05, 0.1) is 20.8 Å². The number of nitrogens with zero attached hydrogens (tertiary/aromatic N) is 1. The standard InChI is InChI=1S/C20H22BrNO5/c1-4-11-27-17-9-5-13(12-19(17)26-3)15(23)7-8-16(24)14-6-10-18(25-2)20(21)22-14/h5-6,9-10,12H,4,7-8,11H2,1-3H3. The van der Waals surface area contributed by atoms with Gasteiger partial charge in [0.1, 0.15) is 10.3 Å². The zero-order valence-electron chi connectivity index (χ0n) is 15.6. The highest BCUT2D eigenvalue weighted by molar-refractivity contribution is 9.10. The monoisotopic (exact) mass is 435 g/mol. The van der Waals surface area contributed by atoms with E-state index in [0.29, 0.717) is 34.0 Å². The number of hydrogen-bond acceptors (Lipinski definition) is 6. The van der Waals surface area contributed by atoms with Crippen LogP contribution in [0.15, 0.2) is 34.9 Å². The number of halogens is 1. The van der Waals surface area contributed by atoms with Gasteiger partial charge in [-0.1, -0.05) is 6.92 Å². The fraction of sp³-hybridized carbons (Fsp3) is 0.350. The summed E-state index contributed by atoms with van der Waals surface area (Å²) in [4.78, 5) is 28.9. The normalized spacial score (nSPS) is 10.4. The van der Waals surface area contributed by atoms with Crippen LogP contribution in [0.25, 0.3) is 0 Å². The van der Waals surface area contributed by atoms with Crippen molar-refractivity contribution in [2.75, 3.05) is 20.8 Å². The first-order chi connectivity index (χ1) is 13.0. The third kappa shape index (κ3) is 5.53. The molecule has 0 amide bonds. The van der Waals surface area contributed by atoms with Gasteiger partial charge in [-0.3, -0.25) is 9.59 Å². The van der Waals surface area contributed by atoms with Crippen molar-refractivity contribution in [3.8, 4) is 17.2 Å². The summed E-state index contributed by atoms with van der Waals surface area (Å²) >= 11 is 3.25. The van der Waals surface area contributed by atoms with Crippen molar-refractivity contribution in [3.63, 3.8) is 0 Å². The van der Waals surface area contributed by atoms with Gasteiger partial charge in [-0.05, 0) is 52.7 Å². The third-order valence-corrected chi connectivity index (χ3v) is 4.41. The second-order valence-electron chi connectivity index (χ2n) is 5.75. The molecule has 0 N–H and O–H groups in total. The smallest absolute Gasteiger partial charge is 0.181 e. The van der Waals surface area contributed by atoms with Crippen molar-refractivity contribution in [2.45, 2.75) is 26.2 Å². The van der Waals surface area contributed by atoms with E-state index in [1.54, 1.807) is 30.3 Å². The number of ether oxygens (including phenoxy) is 3. The van der Waals surface area contributed by atoms with E-state index in [0.717, 1.165) is 6.42 Å². The Labute approximate surface area is 167 Å². The second-order valence-corrected chi connectivity index (χ2v) is 6.50. The minimum atomic E-state index is -0.207. The van der Waals surface area contributed by atoms with Gasteiger partial charge in [0.2, 0.25) is 0 Å². The molecule has 0 aliphatic carbocycles. The summed E-state index contributed by atoms with van der Waals surface area (Å²) in [5.41, 5.74) is 0.767. The zero-order chi connectivity index (χ0) is 19.8. The van der Waals surface area contributed by atoms with Crippen LogP contribution in [0.1, 0.15) is 47.0 Å². The van der Waals surface area contributed by atoms with Crippen LogP contribution in [0.3, 0.4) is 0 Å².